The van der Waals surface area contributed by atoms with Crippen molar-refractivity contribution in [1.29, 1.82) is 0 Å². The topological polar surface area (TPSA) is 120 Å². The van der Waals surface area contributed by atoms with Gasteiger partial charge < -0.3 is 19.8 Å². The molecule has 1 aromatic heterocycles. The number of hydrogen-bond acceptors (Lipinski definition) is 8. The molecular weight excluding hydrogens is 570 g/mol. The number of carbonyl (C=O) groups excluding carboxylic acids is 3. The number of aliphatic hydroxyl groups excluding tert-OH is 1. The summed E-state index contributed by atoms with van der Waals surface area (Å²) < 4.78 is 5.94. The largest absolute Gasteiger partial charge is 0.439 e. The summed E-state index contributed by atoms with van der Waals surface area (Å²) in [7, 11) is 0. The van der Waals surface area contributed by atoms with E-state index in [-0.39, 0.29) is 25.2 Å². The molecule has 3 aliphatic rings. The molecule has 4 rings (SSSR count). The molecule has 246 valence electrons. The van der Waals surface area contributed by atoms with E-state index in [0.717, 1.165) is 18.8 Å². The Hall–Kier alpha value is -3.14. The smallest absolute Gasteiger partial charge is 0.410 e. The fourth-order valence-corrected chi connectivity index (χ4v) is 6.76. The number of piperazine rings is 1. The second kappa shape index (κ2) is 15.9. The van der Waals surface area contributed by atoms with Crippen molar-refractivity contribution in [1.82, 2.24) is 14.8 Å². The first-order chi connectivity index (χ1) is 21.5. The number of Topliss-reactive ketones (excluding diaryl/α,β-unsaturated/α-hetero) is 2. The van der Waals surface area contributed by atoms with Crippen LogP contribution in [0.1, 0.15) is 84.3 Å². The number of rotatable bonds is 6. The Balaban J connectivity index is 1.51. The van der Waals surface area contributed by atoms with E-state index >= 15 is 0 Å². The minimum Gasteiger partial charge on any atom is -0.439 e. The van der Waals surface area contributed by atoms with Crippen molar-refractivity contribution >= 4 is 17.7 Å². The first-order valence-electron chi connectivity index (χ1n) is 16.6. The molecule has 6 atom stereocenters. The Morgan fingerprint density at radius 3 is 2.49 bits per heavy atom. The Kier molecular flexibility index (Phi) is 12.3. The number of hydrogen-bond donors (Lipinski definition) is 2. The van der Waals surface area contributed by atoms with Crippen LogP contribution in [0, 0.1) is 11.8 Å². The normalized spacial score (nSPS) is 31.4. The summed E-state index contributed by atoms with van der Waals surface area (Å²) in [6.07, 6.45) is 13.1. The summed E-state index contributed by atoms with van der Waals surface area (Å²) in [5.74, 6) is -2.36. The lowest BCUT2D eigenvalue weighted by atomic mass is 9.79. The maximum atomic E-state index is 13.5. The third-order valence-corrected chi connectivity index (χ3v) is 9.74. The van der Waals surface area contributed by atoms with E-state index in [4.69, 9.17) is 4.74 Å². The number of aromatic nitrogens is 1. The average Bonchev–Trinajstić information content (AvgIpc) is 3.57. The number of carbonyl (C=O) groups is 3. The van der Waals surface area contributed by atoms with Crippen LogP contribution in [-0.4, -0.2) is 92.7 Å². The Morgan fingerprint density at radius 1 is 1.11 bits per heavy atom. The summed E-state index contributed by atoms with van der Waals surface area (Å²) in [5.41, 5.74) is 0.128. The fraction of sp³-hybridized carbons (Fsp3) is 0.611. The summed E-state index contributed by atoms with van der Waals surface area (Å²) in [6, 6.07) is 6.36. The third kappa shape index (κ3) is 9.44. The van der Waals surface area contributed by atoms with Gasteiger partial charge in [0.05, 0.1) is 12.0 Å². The van der Waals surface area contributed by atoms with Crippen LogP contribution in [0.2, 0.25) is 0 Å². The van der Waals surface area contributed by atoms with Gasteiger partial charge in [-0.05, 0) is 63.7 Å². The maximum absolute atomic E-state index is 13.5. The molecule has 2 N–H and O–H groups in total. The molecular formula is C36H51N3O6. The molecule has 0 unspecified atom stereocenters. The monoisotopic (exact) mass is 621 g/mol. The van der Waals surface area contributed by atoms with Gasteiger partial charge in [0.2, 0.25) is 11.6 Å². The zero-order valence-corrected chi connectivity index (χ0v) is 27.3. The first kappa shape index (κ1) is 34.7. The number of allylic oxidation sites excluding steroid dienone is 5. The van der Waals surface area contributed by atoms with E-state index in [9.17, 15) is 24.6 Å². The summed E-state index contributed by atoms with van der Waals surface area (Å²) >= 11 is 0. The van der Waals surface area contributed by atoms with Crippen molar-refractivity contribution in [2.45, 2.75) is 102 Å². The second-order valence-corrected chi connectivity index (χ2v) is 13.4. The van der Waals surface area contributed by atoms with Gasteiger partial charge in [-0.3, -0.25) is 19.5 Å². The van der Waals surface area contributed by atoms with Gasteiger partial charge in [-0.1, -0.05) is 62.6 Å². The molecule has 2 aliphatic carbocycles. The Labute approximate surface area is 268 Å². The first-order valence-corrected chi connectivity index (χ1v) is 16.6. The van der Waals surface area contributed by atoms with E-state index in [1.165, 1.54) is 25.7 Å². The van der Waals surface area contributed by atoms with Crippen LogP contribution < -0.4 is 0 Å². The van der Waals surface area contributed by atoms with Gasteiger partial charge in [0.15, 0.2) is 6.10 Å². The minimum absolute atomic E-state index is 0.0553. The van der Waals surface area contributed by atoms with Crippen molar-refractivity contribution in [3.05, 3.63) is 66.0 Å². The van der Waals surface area contributed by atoms with E-state index in [0.29, 0.717) is 24.7 Å². The van der Waals surface area contributed by atoms with Gasteiger partial charge in [0.25, 0.3) is 0 Å². The molecule has 1 aromatic rings. The summed E-state index contributed by atoms with van der Waals surface area (Å²) in [5, 5.41) is 22.1. The van der Waals surface area contributed by atoms with Crippen LogP contribution in [0.25, 0.3) is 0 Å². The molecule has 1 saturated carbocycles. The predicted molar refractivity (Wildman–Crippen MR) is 174 cm³/mol. The van der Waals surface area contributed by atoms with Crippen molar-refractivity contribution in [3.63, 3.8) is 0 Å². The van der Waals surface area contributed by atoms with Crippen molar-refractivity contribution < 1.29 is 29.3 Å². The van der Waals surface area contributed by atoms with Gasteiger partial charge in [0, 0.05) is 56.5 Å². The number of pyridine rings is 1. The predicted octanol–water partition coefficient (Wildman–Crippen LogP) is 5.00. The number of ketones is 2. The van der Waals surface area contributed by atoms with E-state index in [1.807, 2.05) is 57.2 Å². The van der Waals surface area contributed by atoms with Gasteiger partial charge in [-0.2, -0.15) is 0 Å². The highest BCUT2D eigenvalue weighted by atomic mass is 16.6. The molecule has 0 aromatic carbocycles. The van der Waals surface area contributed by atoms with Crippen LogP contribution in [0.5, 0.6) is 0 Å². The quantitative estimate of drug-likeness (QED) is 0.259. The number of aliphatic hydroxyl groups is 2. The zero-order chi connectivity index (χ0) is 32.6. The molecule has 1 saturated heterocycles. The third-order valence-electron chi connectivity index (χ3n) is 9.74. The molecule has 9 nitrogen and oxygen atoms in total. The molecule has 0 radical (unpaired) electrons. The lowest BCUT2D eigenvalue weighted by Gasteiger charge is -2.39. The summed E-state index contributed by atoms with van der Waals surface area (Å²) in [6.45, 7) is 10.0. The van der Waals surface area contributed by atoms with Crippen LogP contribution in [0.3, 0.4) is 0 Å². The van der Waals surface area contributed by atoms with Crippen molar-refractivity contribution in [2.24, 2.45) is 11.8 Å². The van der Waals surface area contributed by atoms with Gasteiger partial charge in [-0.15, -0.1) is 0 Å². The Bertz CT molecular complexity index is 1240. The SMILES string of the molecule is C/C(=C\C=C\[C@H](C)c1ccccn1)[C@H]1C(=O)C(=O)C[C@@H](O)CC[C@](C)(O)[C@@H](OC(=O)N2CCN(C3CCCC3)CC2)/C=C/[C@@H]1C. The second-order valence-electron chi connectivity index (χ2n) is 13.4. The Morgan fingerprint density at radius 2 is 1.82 bits per heavy atom. The molecule has 2 fully saturated rings. The van der Waals surface area contributed by atoms with Gasteiger partial charge in [-0.25, -0.2) is 4.79 Å². The van der Waals surface area contributed by atoms with Gasteiger partial charge >= 0.3 is 6.09 Å². The van der Waals surface area contributed by atoms with Crippen molar-refractivity contribution in [3.8, 4) is 0 Å². The maximum Gasteiger partial charge on any atom is 0.410 e. The number of nitrogens with zero attached hydrogens (tertiary/aromatic N) is 3. The molecule has 0 bridgehead atoms. The van der Waals surface area contributed by atoms with E-state index < -0.39 is 47.3 Å². The lowest BCUT2D eigenvalue weighted by molar-refractivity contribution is -0.140. The number of amides is 1. The zero-order valence-electron chi connectivity index (χ0n) is 27.3. The van der Waals surface area contributed by atoms with Crippen LogP contribution in [-0.2, 0) is 14.3 Å². The fourth-order valence-electron chi connectivity index (χ4n) is 6.76. The van der Waals surface area contributed by atoms with Crippen LogP contribution >= 0.6 is 0 Å². The molecule has 9 heteroatoms. The standard InChI is InChI=1S/C36H51N3O6/c1-25(30-14-7-8-19-37-30)10-9-11-26(2)33-27(3)15-16-32(36(4,44)18-17-29(40)24-31(41)34(33)42)45-35(43)39-22-20-38(21-23-39)28-12-5-6-13-28/h7-11,14-16,19,25,27-29,32-33,40,44H,5-6,12-13,17-18,20-24H2,1-4H3/b10-9+,16-15+,26-11+/t25-,27-,29-,32-,33+,36-/m0/s1. The van der Waals surface area contributed by atoms with Crippen LogP contribution in [0.4, 0.5) is 4.79 Å². The highest BCUT2D eigenvalue weighted by molar-refractivity contribution is 6.38. The molecule has 0 spiro atoms. The van der Waals surface area contributed by atoms with Crippen LogP contribution in [0.15, 0.2) is 60.3 Å². The van der Waals surface area contributed by atoms with Crippen molar-refractivity contribution in [2.75, 3.05) is 26.2 Å². The van der Waals surface area contributed by atoms with E-state index in [1.54, 1.807) is 30.2 Å². The highest BCUT2D eigenvalue weighted by Crippen LogP contribution is 2.30. The number of ether oxygens (including phenoxy) is 1. The summed E-state index contributed by atoms with van der Waals surface area (Å²) in [4.78, 5) is 48.3. The molecule has 45 heavy (non-hydrogen) atoms. The molecule has 1 aliphatic heterocycles. The molecule has 2 heterocycles. The minimum atomic E-state index is -1.49. The highest BCUT2D eigenvalue weighted by Gasteiger charge is 2.38. The lowest BCUT2D eigenvalue weighted by Crippen LogP contribution is -2.53. The van der Waals surface area contributed by atoms with E-state index in [2.05, 4.69) is 9.88 Å². The molecule has 1 amide bonds. The van der Waals surface area contributed by atoms with Gasteiger partial charge in [0.1, 0.15) is 5.60 Å². The average molecular weight is 622 g/mol.